The normalized spacial score (nSPS) is 12.2. The largest absolute Gasteiger partial charge is 0.416 e. The van der Waals surface area contributed by atoms with Crippen LogP contribution in [0.4, 0.5) is 13.2 Å². The molecule has 0 spiro atoms. The lowest BCUT2D eigenvalue weighted by molar-refractivity contribution is -0.137. The Bertz CT molecular complexity index is 828. The minimum Gasteiger partial charge on any atom is -0.350 e. The third-order valence-corrected chi connectivity index (χ3v) is 4.79. The van der Waals surface area contributed by atoms with E-state index in [1.165, 1.54) is 17.5 Å². The van der Waals surface area contributed by atoms with E-state index in [0.29, 0.717) is 10.6 Å². The van der Waals surface area contributed by atoms with E-state index < -0.39 is 27.5 Å². The first-order chi connectivity index (χ1) is 11.1. The molecule has 2 aromatic rings. The summed E-state index contributed by atoms with van der Waals surface area (Å²) in [5.41, 5.74) is -0.215. The highest BCUT2D eigenvalue weighted by Crippen LogP contribution is 2.31. The summed E-state index contributed by atoms with van der Waals surface area (Å²) in [6.07, 6.45) is -3.35. The van der Waals surface area contributed by atoms with Crippen LogP contribution in [-0.4, -0.2) is 37.9 Å². The molecular weight excluding hydrogens is 365 g/mol. The van der Waals surface area contributed by atoms with Gasteiger partial charge in [-0.25, -0.2) is 13.4 Å². The third-order valence-electron chi connectivity index (χ3n) is 2.95. The van der Waals surface area contributed by atoms with E-state index in [9.17, 15) is 26.4 Å². The average Bonchev–Trinajstić information content (AvgIpc) is 2.95. The van der Waals surface area contributed by atoms with Gasteiger partial charge in [0.15, 0.2) is 0 Å². The first-order valence-corrected chi connectivity index (χ1v) is 9.59. The van der Waals surface area contributed by atoms with Crippen LogP contribution in [0.3, 0.4) is 0 Å². The molecule has 0 bridgehead atoms. The molecule has 1 amide bonds. The Morgan fingerprint density at radius 2 is 1.88 bits per heavy atom. The Kier molecular flexibility index (Phi) is 5.29. The molecule has 0 fully saturated rings. The zero-order valence-corrected chi connectivity index (χ0v) is 14.1. The van der Waals surface area contributed by atoms with Crippen molar-refractivity contribution in [1.82, 2.24) is 10.3 Å². The summed E-state index contributed by atoms with van der Waals surface area (Å²) in [7, 11) is -3.18. The minimum absolute atomic E-state index is 0.0369. The lowest BCUT2D eigenvalue weighted by atomic mass is 10.1. The maximum absolute atomic E-state index is 12.5. The van der Waals surface area contributed by atoms with Crippen LogP contribution in [0.2, 0.25) is 0 Å². The highest BCUT2D eigenvalue weighted by atomic mass is 32.2. The predicted molar refractivity (Wildman–Crippen MR) is 84.6 cm³/mol. The molecule has 0 saturated heterocycles. The molecule has 10 heteroatoms. The molecule has 0 unspecified atom stereocenters. The molecule has 0 radical (unpaired) electrons. The molecule has 1 N–H and O–H groups in total. The van der Waals surface area contributed by atoms with Gasteiger partial charge in [-0.1, -0.05) is 12.1 Å². The number of rotatable bonds is 5. The minimum atomic E-state index is -4.41. The molecule has 1 aromatic carbocycles. The van der Waals surface area contributed by atoms with E-state index in [4.69, 9.17) is 0 Å². The summed E-state index contributed by atoms with van der Waals surface area (Å²) in [5.74, 6) is -0.720. The lowest BCUT2D eigenvalue weighted by Gasteiger charge is -2.06. The van der Waals surface area contributed by atoms with Crippen molar-refractivity contribution >= 4 is 27.1 Å². The summed E-state index contributed by atoms with van der Waals surface area (Å²) in [4.78, 5) is 15.9. The van der Waals surface area contributed by atoms with Crippen LogP contribution < -0.4 is 5.32 Å². The molecule has 0 aliphatic rings. The Morgan fingerprint density at radius 1 is 1.25 bits per heavy atom. The van der Waals surface area contributed by atoms with Crippen LogP contribution >= 0.6 is 11.3 Å². The maximum Gasteiger partial charge on any atom is 0.416 e. The smallest absolute Gasteiger partial charge is 0.350 e. The SMILES string of the molecule is CS(=O)(=O)CCNC(=O)c1csc(-c2ccc(C(F)(F)F)cc2)n1. The number of benzene rings is 1. The molecule has 0 aliphatic heterocycles. The van der Waals surface area contributed by atoms with Gasteiger partial charge in [-0.15, -0.1) is 11.3 Å². The van der Waals surface area contributed by atoms with Crippen molar-refractivity contribution in [3.63, 3.8) is 0 Å². The van der Waals surface area contributed by atoms with Crippen LogP contribution in [0, 0.1) is 0 Å². The van der Waals surface area contributed by atoms with E-state index >= 15 is 0 Å². The van der Waals surface area contributed by atoms with Crippen molar-refractivity contribution in [3.05, 3.63) is 40.9 Å². The molecule has 2 rings (SSSR count). The summed E-state index contributed by atoms with van der Waals surface area (Å²) in [6.45, 7) is -0.0369. The van der Waals surface area contributed by atoms with Gasteiger partial charge in [-0.05, 0) is 12.1 Å². The molecule has 0 aliphatic carbocycles. The summed E-state index contributed by atoms with van der Waals surface area (Å²) in [6, 6.07) is 4.46. The number of hydrogen-bond donors (Lipinski definition) is 1. The zero-order valence-electron chi connectivity index (χ0n) is 12.4. The molecule has 1 aromatic heterocycles. The van der Waals surface area contributed by atoms with Crippen molar-refractivity contribution in [3.8, 4) is 10.6 Å². The van der Waals surface area contributed by atoms with Crippen molar-refractivity contribution in [1.29, 1.82) is 0 Å². The predicted octanol–water partition coefficient (Wildman–Crippen LogP) is 2.60. The second-order valence-corrected chi connectivity index (χ2v) is 8.12. The number of halogens is 3. The van der Waals surface area contributed by atoms with Crippen LogP contribution in [0.15, 0.2) is 29.6 Å². The van der Waals surface area contributed by atoms with E-state index in [0.717, 1.165) is 29.7 Å². The van der Waals surface area contributed by atoms with Gasteiger partial charge >= 0.3 is 6.18 Å². The number of nitrogens with zero attached hydrogens (tertiary/aromatic N) is 1. The Hall–Kier alpha value is -1.94. The number of hydrogen-bond acceptors (Lipinski definition) is 5. The number of nitrogens with one attached hydrogen (secondary N) is 1. The van der Waals surface area contributed by atoms with Crippen molar-refractivity contribution in [2.75, 3.05) is 18.6 Å². The Balaban J connectivity index is 2.06. The van der Waals surface area contributed by atoms with Gasteiger partial charge in [0, 0.05) is 23.7 Å². The second-order valence-electron chi connectivity index (χ2n) is 5.00. The first kappa shape index (κ1) is 18.4. The van der Waals surface area contributed by atoms with Crippen molar-refractivity contribution in [2.24, 2.45) is 0 Å². The quantitative estimate of drug-likeness (QED) is 0.868. The van der Waals surface area contributed by atoms with E-state index in [1.807, 2.05) is 0 Å². The first-order valence-electron chi connectivity index (χ1n) is 6.65. The van der Waals surface area contributed by atoms with Crippen LogP contribution in [0.5, 0.6) is 0 Å². The van der Waals surface area contributed by atoms with Crippen LogP contribution in [0.1, 0.15) is 16.1 Å². The monoisotopic (exact) mass is 378 g/mol. The lowest BCUT2D eigenvalue weighted by Crippen LogP contribution is -2.28. The third kappa shape index (κ3) is 5.03. The van der Waals surface area contributed by atoms with E-state index in [2.05, 4.69) is 10.3 Å². The second kappa shape index (κ2) is 6.89. The number of amides is 1. The number of alkyl halides is 3. The Morgan fingerprint density at radius 3 is 2.42 bits per heavy atom. The van der Waals surface area contributed by atoms with E-state index in [1.54, 1.807) is 0 Å². The fraction of sp³-hybridized carbons (Fsp3) is 0.286. The standard InChI is InChI=1S/C14H13F3N2O3S2/c1-24(21,22)7-6-18-12(20)11-8-23-13(19-11)9-2-4-10(5-3-9)14(15,16)17/h2-5,8H,6-7H2,1H3,(H,18,20). The molecule has 1 heterocycles. The number of carbonyl (C=O) groups excluding carboxylic acids is 1. The highest BCUT2D eigenvalue weighted by molar-refractivity contribution is 7.90. The fourth-order valence-corrected chi connectivity index (χ4v) is 3.03. The molecule has 130 valence electrons. The van der Waals surface area contributed by atoms with Gasteiger partial charge in [-0.3, -0.25) is 4.79 Å². The average molecular weight is 378 g/mol. The van der Waals surface area contributed by atoms with Gasteiger partial charge in [0.1, 0.15) is 20.5 Å². The number of sulfone groups is 1. The molecule has 0 atom stereocenters. The number of thiazole rings is 1. The summed E-state index contributed by atoms with van der Waals surface area (Å²) >= 11 is 1.11. The summed E-state index contributed by atoms with van der Waals surface area (Å²) < 4.78 is 59.6. The molecular formula is C14H13F3N2O3S2. The van der Waals surface area contributed by atoms with Gasteiger partial charge < -0.3 is 5.32 Å². The molecule has 24 heavy (non-hydrogen) atoms. The van der Waals surface area contributed by atoms with Gasteiger partial charge in [0.05, 0.1) is 11.3 Å². The van der Waals surface area contributed by atoms with E-state index in [-0.39, 0.29) is 18.0 Å². The maximum atomic E-state index is 12.5. The van der Waals surface area contributed by atoms with Crippen molar-refractivity contribution in [2.45, 2.75) is 6.18 Å². The summed E-state index contributed by atoms with van der Waals surface area (Å²) in [5, 5.41) is 4.29. The highest BCUT2D eigenvalue weighted by Gasteiger charge is 2.30. The molecule has 0 saturated carbocycles. The Labute approximate surface area is 140 Å². The fourth-order valence-electron chi connectivity index (χ4n) is 1.75. The van der Waals surface area contributed by atoms with Crippen LogP contribution in [-0.2, 0) is 16.0 Å². The number of aromatic nitrogens is 1. The van der Waals surface area contributed by atoms with Crippen molar-refractivity contribution < 1.29 is 26.4 Å². The number of carbonyl (C=O) groups is 1. The zero-order chi connectivity index (χ0) is 18.0. The van der Waals surface area contributed by atoms with Crippen LogP contribution in [0.25, 0.3) is 10.6 Å². The van der Waals surface area contributed by atoms with Gasteiger partial charge in [0.2, 0.25) is 0 Å². The topological polar surface area (TPSA) is 76.1 Å². The van der Waals surface area contributed by atoms with Gasteiger partial charge in [-0.2, -0.15) is 13.2 Å². The van der Waals surface area contributed by atoms with Gasteiger partial charge in [0.25, 0.3) is 5.91 Å². The molecule has 5 nitrogen and oxygen atoms in total.